The molecule has 0 saturated heterocycles. The molecule has 6 rings (SSSR count). The van der Waals surface area contributed by atoms with E-state index in [-0.39, 0.29) is 0 Å². The van der Waals surface area contributed by atoms with Gasteiger partial charge >= 0.3 is 0 Å². The summed E-state index contributed by atoms with van der Waals surface area (Å²) in [6, 6.07) is 17.2. The van der Waals surface area contributed by atoms with Crippen LogP contribution in [0.5, 0.6) is 0 Å². The lowest BCUT2D eigenvalue weighted by molar-refractivity contribution is -0.344. The van der Waals surface area contributed by atoms with Crippen LogP contribution in [-0.4, -0.2) is 6.15 Å². The number of H-pyrrole nitrogens is 1. The van der Waals surface area contributed by atoms with Gasteiger partial charge in [0.25, 0.3) is 0 Å². The zero-order chi connectivity index (χ0) is 37.5. The lowest BCUT2D eigenvalue weighted by Crippen LogP contribution is -2.74. The molecule has 0 radical (unpaired) electrons. The summed E-state index contributed by atoms with van der Waals surface area (Å²) in [5, 5.41) is 1.25. The van der Waals surface area contributed by atoms with Crippen molar-refractivity contribution in [3.05, 3.63) is 166 Å². The Labute approximate surface area is 276 Å². The molecule has 6 aromatic rings. The number of rotatable bonds is 5. The minimum absolute atomic E-state index is 0.607. The average molecular weight is 733 g/mol. The second-order valence-electron chi connectivity index (χ2n) is 10.9. The van der Waals surface area contributed by atoms with Crippen molar-refractivity contribution in [2.24, 2.45) is 0 Å². The van der Waals surface area contributed by atoms with Crippen molar-refractivity contribution < 1.29 is 70.8 Å². The summed E-state index contributed by atoms with van der Waals surface area (Å²) in [6.07, 6.45) is -5.49. The van der Waals surface area contributed by atoms with E-state index in [2.05, 4.69) is 23.2 Å². The van der Waals surface area contributed by atoms with Crippen LogP contribution in [-0.2, 0) is 6.32 Å². The van der Waals surface area contributed by atoms with Crippen LogP contribution in [0.25, 0.3) is 10.9 Å². The molecule has 0 spiro atoms. The highest BCUT2D eigenvalue weighted by Gasteiger charge is 2.48. The van der Waals surface area contributed by atoms with Crippen molar-refractivity contribution in [2.45, 2.75) is 6.32 Å². The summed E-state index contributed by atoms with van der Waals surface area (Å²) >= 11 is 0. The standard InChI is InChI=1S/C25H7BF15.C9H7N/c27-11-8(12(28)18(34)23(39)17(11)33)26(6-7-4-2-1-3-5-7,9-13(29)19(35)24(40)20(36)14(9)30)10-15(31)21(37)25(41)22(38)16(10)32;1-2-6-9-8(4-1)5-3-7-10-9/h1-5H,6H2;1-7H/q-1;/p+1. The molecule has 1 aromatic heterocycles. The Morgan fingerprint density at radius 1 is 0.353 bits per heavy atom. The van der Waals surface area contributed by atoms with E-state index < -0.39 is 122 Å². The molecule has 1 nitrogen and oxygen atoms in total. The molecule has 0 atom stereocenters. The first kappa shape index (κ1) is 36.8. The highest BCUT2D eigenvalue weighted by atomic mass is 19.2. The number of aromatic amines is 1. The van der Waals surface area contributed by atoms with Gasteiger partial charge in [-0.3, -0.25) is 0 Å². The van der Waals surface area contributed by atoms with Crippen molar-refractivity contribution in [3.8, 4) is 0 Å². The number of hydrogen-bond acceptors (Lipinski definition) is 0. The van der Waals surface area contributed by atoms with Gasteiger partial charge in [-0.05, 0) is 12.1 Å². The first-order valence-corrected chi connectivity index (χ1v) is 14.2. The largest absolute Gasteiger partial charge is 0.211 e. The Kier molecular flexibility index (Phi) is 10.1. The maximum atomic E-state index is 15.3. The number of hydrogen-bond donors (Lipinski definition) is 0. The summed E-state index contributed by atoms with van der Waals surface area (Å²) in [7, 11) is 0. The van der Waals surface area contributed by atoms with Crippen molar-refractivity contribution in [1.29, 1.82) is 0 Å². The molecule has 1 heterocycles. The summed E-state index contributed by atoms with van der Waals surface area (Å²) in [6.45, 7) is 0. The highest BCUT2D eigenvalue weighted by Crippen LogP contribution is 2.30. The van der Waals surface area contributed by atoms with Gasteiger partial charge in [0.1, 0.15) is 41.0 Å². The van der Waals surface area contributed by atoms with Gasteiger partial charge in [0.2, 0.25) is 5.52 Å². The number of fused-ring (bicyclic) bond motifs is 1. The molecule has 0 amide bonds. The predicted molar refractivity (Wildman–Crippen MR) is 154 cm³/mol. The fourth-order valence-corrected chi connectivity index (χ4v) is 5.93. The Bertz CT molecular complexity index is 1990. The van der Waals surface area contributed by atoms with E-state index in [0.29, 0.717) is 0 Å². The Hall–Kier alpha value is -5.48. The molecule has 17 heteroatoms. The Morgan fingerprint density at radius 3 is 1.04 bits per heavy atom. The maximum absolute atomic E-state index is 15.3. The van der Waals surface area contributed by atoms with Crippen LogP contribution in [0.3, 0.4) is 0 Å². The van der Waals surface area contributed by atoms with E-state index in [4.69, 9.17) is 0 Å². The zero-order valence-electron chi connectivity index (χ0n) is 24.9. The van der Waals surface area contributed by atoms with Crippen LogP contribution in [0.1, 0.15) is 5.56 Å². The van der Waals surface area contributed by atoms with E-state index in [9.17, 15) is 39.5 Å². The molecular formula is C34H15BF15N. The van der Waals surface area contributed by atoms with E-state index >= 15 is 26.3 Å². The van der Waals surface area contributed by atoms with Crippen molar-refractivity contribution in [2.75, 3.05) is 0 Å². The topological polar surface area (TPSA) is 14.1 Å². The Balaban J connectivity index is 0.000000428. The third-order valence-electron chi connectivity index (χ3n) is 8.17. The van der Waals surface area contributed by atoms with Crippen molar-refractivity contribution in [1.82, 2.24) is 0 Å². The lowest BCUT2D eigenvalue weighted by Gasteiger charge is -2.44. The number of benzene rings is 5. The summed E-state index contributed by atoms with van der Waals surface area (Å²) in [5.41, 5.74) is -7.31. The predicted octanol–water partition coefficient (Wildman–Crippen LogP) is 7.68. The minimum atomic E-state index is -5.59. The number of para-hydroxylation sites is 1. The molecule has 5 aromatic carbocycles. The van der Waals surface area contributed by atoms with Crippen molar-refractivity contribution >= 4 is 33.4 Å². The van der Waals surface area contributed by atoms with E-state index in [1.165, 1.54) is 17.0 Å². The zero-order valence-corrected chi connectivity index (χ0v) is 24.9. The molecule has 1 N–H and O–H groups in total. The van der Waals surface area contributed by atoms with E-state index in [0.717, 1.165) is 24.3 Å². The molecule has 0 saturated carbocycles. The molecule has 0 fully saturated rings. The van der Waals surface area contributed by atoms with E-state index in [1.807, 2.05) is 24.4 Å². The van der Waals surface area contributed by atoms with Crippen LogP contribution in [0.4, 0.5) is 65.9 Å². The summed E-state index contributed by atoms with van der Waals surface area (Å²) < 4.78 is 220. The number of pyridine rings is 1. The van der Waals surface area contributed by atoms with Gasteiger partial charge in [0.15, 0.2) is 58.6 Å². The second kappa shape index (κ2) is 14.0. The summed E-state index contributed by atoms with van der Waals surface area (Å²) in [5.74, 6) is -45.2. The number of halogens is 15. The van der Waals surface area contributed by atoms with Gasteiger partial charge in [-0.2, -0.15) is 0 Å². The molecule has 0 aliphatic heterocycles. The minimum Gasteiger partial charge on any atom is -0.211 e. The fraction of sp³-hybridized carbons (Fsp3) is 0.0294. The molecule has 0 aliphatic carbocycles. The molecule has 0 aliphatic rings. The van der Waals surface area contributed by atoms with Crippen LogP contribution >= 0.6 is 0 Å². The van der Waals surface area contributed by atoms with Gasteiger partial charge in [-0.25, -0.2) is 70.8 Å². The lowest BCUT2D eigenvalue weighted by atomic mass is 9.13. The number of nitrogens with one attached hydrogen (secondary N) is 1. The Morgan fingerprint density at radius 2 is 0.667 bits per heavy atom. The first-order valence-electron chi connectivity index (χ1n) is 14.2. The van der Waals surface area contributed by atoms with Crippen LogP contribution in [0.15, 0.2) is 72.9 Å². The maximum Gasteiger partial charge on any atom is 0.210 e. The normalized spacial score (nSPS) is 11.5. The van der Waals surface area contributed by atoms with E-state index in [1.54, 1.807) is 0 Å². The third kappa shape index (κ3) is 6.03. The molecule has 0 unspecified atom stereocenters. The molecule has 0 bridgehead atoms. The smallest absolute Gasteiger partial charge is 0.210 e. The highest BCUT2D eigenvalue weighted by molar-refractivity contribution is 7.11. The summed E-state index contributed by atoms with van der Waals surface area (Å²) in [4.78, 5) is 3.15. The number of aromatic nitrogens is 1. The average Bonchev–Trinajstić information content (AvgIpc) is 3.14. The second-order valence-corrected chi connectivity index (χ2v) is 10.9. The van der Waals surface area contributed by atoms with Crippen LogP contribution < -0.4 is 21.4 Å². The monoisotopic (exact) mass is 733 g/mol. The fourth-order valence-electron chi connectivity index (χ4n) is 5.93. The van der Waals surface area contributed by atoms with Gasteiger partial charge in [0, 0.05) is 17.5 Å². The van der Waals surface area contributed by atoms with Gasteiger partial charge in [-0.15, -0.1) is 22.7 Å². The van der Waals surface area contributed by atoms with Crippen molar-refractivity contribution in [3.63, 3.8) is 0 Å². The molecule has 264 valence electrons. The first-order chi connectivity index (χ1) is 24.1. The van der Waals surface area contributed by atoms with Gasteiger partial charge < -0.3 is 0 Å². The third-order valence-corrected chi connectivity index (χ3v) is 8.17. The molecule has 51 heavy (non-hydrogen) atoms. The van der Waals surface area contributed by atoms with Crippen LogP contribution in [0.2, 0.25) is 0 Å². The van der Waals surface area contributed by atoms with Gasteiger partial charge in [0.05, 0.1) is 0 Å². The van der Waals surface area contributed by atoms with Gasteiger partial charge in [-0.1, -0.05) is 48.0 Å². The molecular weight excluding hydrogens is 718 g/mol. The quantitative estimate of drug-likeness (QED) is 0.0748. The van der Waals surface area contributed by atoms with Crippen LogP contribution in [0, 0.1) is 87.3 Å². The SMILES string of the molecule is Fc1c(F)c(F)c([B-](Cc2ccccc2)(c2c(F)c(F)c(F)c(F)c2F)c2c(F)c(F)c(F)c(F)c2F)c(F)c1F.c1ccc2[nH+]cccc2c1.